The standard InChI is InChI=1S/C19H25ClN4O2S/c1-27(25,26)9-8-24-13-15(11-22-24)12-23-6-4-19(5-7-23)14-21-18-3-2-16(20)10-17(18)19/h2-3,10-11,13,21H,4-9,12,14H2,1H3. The van der Waals surface area contributed by atoms with Gasteiger partial charge in [0.15, 0.2) is 0 Å². The molecular formula is C19H25ClN4O2S. The van der Waals surface area contributed by atoms with Crippen LogP contribution in [-0.2, 0) is 28.3 Å². The van der Waals surface area contributed by atoms with E-state index in [9.17, 15) is 8.42 Å². The van der Waals surface area contributed by atoms with Crippen LogP contribution in [0, 0.1) is 0 Å². The molecule has 1 saturated heterocycles. The first kappa shape index (κ1) is 18.8. The lowest BCUT2D eigenvalue weighted by Crippen LogP contribution is -2.43. The summed E-state index contributed by atoms with van der Waals surface area (Å²) in [4.78, 5) is 2.45. The van der Waals surface area contributed by atoms with Crippen molar-refractivity contribution in [3.8, 4) is 0 Å². The minimum absolute atomic E-state index is 0.120. The van der Waals surface area contributed by atoms with E-state index in [1.165, 1.54) is 17.5 Å². The Labute approximate surface area is 165 Å². The summed E-state index contributed by atoms with van der Waals surface area (Å²) < 4.78 is 24.3. The molecule has 27 heavy (non-hydrogen) atoms. The first-order chi connectivity index (χ1) is 12.8. The number of rotatable bonds is 5. The third-order valence-electron chi connectivity index (χ3n) is 5.77. The van der Waals surface area contributed by atoms with Gasteiger partial charge in [-0.15, -0.1) is 0 Å². The van der Waals surface area contributed by atoms with Crippen molar-refractivity contribution in [3.05, 3.63) is 46.7 Å². The number of likely N-dealkylation sites (tertiary alicyclic amines) is 1. The lowest BCUT2D eigenvalue weighted by Gasteiger charge is -2.39. The van der Waals surface area contributed by atoms with Gasteiger partial charge in [0.2, 0.25) is 0 Å². The van der Waals surface area contributed by atoms with Crippen LogP contribution in [0.15, 0.2) is 30.6 Å². The molecule has 0 atom stereocenters. The second kappa shape index (κ2) is 7.11. The molecule has 2 aliphatic rings. The number of piperidine rings is 1. The summed E-state index contributed by atoms with van der Waals surface area (Å²) in [6, 6.07) is 6.16. The Morgan fingerprint density at radius 1 is 1.30 bits per heavy atom. The van der Waals surface area contributed by atoms with Crippen molar-refractivity contribution >= 4 is 27.1 Å². The highest BCUT2D eigenvalue weighted by molar-refractivity contribution is 7.90. The van der Waals surface area contributed by atoms with Gasteiger partial charge in [-0.1, -0.05) is 11.6 Å². The van der Waals surface area contributed by atoms with Gasteiger partial charge in [-0.05, 0) is 49.7 Å². The third kappa shape index (κ3) is 4.15. The fourth-order valence-electron chi connectivity index (χ4n) is 4.18. The minimum atomic E-state index is -2.97. The number of fused-ring (bicyclic) bond motifs is 2. The topological polar surface area (TPSA) is 67.2 Å². The van der Waals surface area contributed by atoms with Crippen LogP contribution in [0.2, 0.25) is 5.02 Å². The van der Waals surface area contributed by atoms with E-state index in [0.717, 1.165) is 49.6 Å². The summed E-state index contributed by atoms with van der Waals surface area (Å²) in [6.45, 7) is 4.31. The molecule has 3 heterocycles. The molecule has 8 heteroatoms. The van der Waals surface area contributed by atoms with Gasteiger partial charge in [-0.3, -0.25) is 9.58 Å². The van der Waals surface area contributed by atoms with Crippen molar-refractivity contribution in [3.63, 3.8) is 0 Å². The van der Waals surface area contributed by atoms with Gasteiger partial charge in [0.05, 0.1) is 18.5 Å². The van der Waals surface area contributed by atoms with Crippen LogP contribution in [0.3, 0.4) is 0 Å². The van der Waals surface area contributed by atoms with Crippen LogP contribution in [0.5, 0.6) is 0 Å². The number of aromatic nitrogens is 2. The maximum atomic E-state index is 11.3. The van der Waals surface area contributed by atoms with Crippen molar-refractivity contribution in [2.45, 2.75) is 31.3 Å². The number of sulfone groups is 1. The monoisotopic (exact) mass is 408 g/mol. The first-order valence-corrected chi connectivity index (χ1v) is 11.7. The lowest BCUT2D eigenvalue weighted by molar-refractivity contribution is 0.162. The molecule has 0 amide bonds. The van der Waals surface area contributed by atoms with Gasteiger partial charge in [0.25, 0.3) is 0 Å². The summed E-state index contributed by atoms with van der Waals surface area (Å²) in [5.74, 6) is 0.120. The molecular weight excluding hydrogens is 384 g/mol. The first-order valence-electron chi connectivity index (χ1n) is 9.28. The molecule has 6 nitrogen and oxygen atoms in total. The number of hydrogen-bond donors (Lipinski definition) is 1. The molecule has 2 aliphatic heterocycles. The number of anilines is 1. The molecule has 1 fully saturated rings. The Morgan fingerprint density at radius 2 is 2.07 bits per heavy atom. The highest BCUT2D eigenvalue weighted by Crippen LogP contribution is 2.45. The Balaban J connectivity index is 1.36. The molecule has 4 rings (SSSR count). The normalized spacial score (nSPS) is 19.2. The number of hydrogen-bond acceptors (Lipinski definition) is 5. The average molecular weight is 409 g/mol. The zero-order valence-corrected chi connectivity index (χ0v) is 17.1. The smallest absolute Gasteiger partial charge is 0.149 e. The van der Waals surface area contributed by atoms with E-state index in [-0.39, 0.29) is 11.2 Å². The fraction of sp³-hybridized carbons (Fsp3) is 0.526. The Hall–Kier alpha value is -1.57. The molecule has 0 unspecified atom stereocenters. The SMILES string of the molecule is CS(=O)(=O)CCn1cc(CN2CCC3(CC2)CNc2ccc(Cl)cc23)cn1. The Kier molecular flexibility index (Phi) is 4.94. The molecule has 0 bridgehead atoms. The van der Waals surface area contributed by atoms with Gasteiger partial charge < -0.3 is 5.32 Å². The zero-order chi connectivity index (χ0) is 19.1. The van der Waals surface area contributed by atoms with E-state index in [1.54, 1.807) is 4.68 Å². The summed E-state index contributed by atoms with van der Waals surface area (Å²) in [6.07, 6.45) is 7.27. The largest absolute Gasteiger partial charge is 0.384 e. The van der Waals surface area contributed by atoms with Gasteiger partial charge in [-0.2, -0.15) is 5.10 Å². The van der Waals surface area contributed by atoms with Gasteiger partial charge >= 0.3 is 0 Å². The molecule has 1 spiro atoms. The number of aryl methyl sites for hydroxylation is 1. The molecule has 146 valence electrons. The van der Waals surface area contributed by atoms with Crippen LogP contribution >= 0.6 is 11.6 Å². The van der Waals surface area contributed by atoms with E-state index in [2.05, 4.69) is 27.4 Å². The van der Waals surface area contributed by atoms with Crippen LogP contribution in [0.25, 0.3) is 0 Å². The molecule has 1 aromatic carbocycles. The quantitative estimate of drug-likeness (QED) is 0.823. The summed E-state index contributed by atoms with van der Waals surface area (Å²) in [5, 5.41) is 8.64. The van der Waals surface area contributed by atoms with Crippen LogP contribution in [0.1, 0.15) is 24.0 Å². The predicted molar refractivity (Wildman–Crippen MR) is 108 cm³/mol. The maximum Gasteiger partial charge on any atom is 0.149 e. The van der Waals surface area contributed by atoms with Crippen LogP contribution in [0.4, 0.5) is 5.69 Å². The van der Waals surface area contributed by atoms with E-state index in [1.807, 2.05) is 18.5 Å². The van der Waals surface area contributed by atoms with Gasteiger partial charge in [0, 0.05) is 47.2 Å². The molecule has 0 radical (unpaired) electrons. The van der Waals surface area contributed by atoms with Gasteiger partial charge in [-0.25, -0.2) is 8.42 Å². The second-order valence-electron chi connectivity index (χ2n) is 7.84. The molecule has 2 aromatic rings. The summed E-state index contributed by atoms with van der Waals surface area (Å²) in [7, 11) is -2.97. The highest BCUT2D eigenvalue weighted by Gasteiger charge is 2.41. The number of nitrogens with one attached hydrogen (secondary N) is 1. The Bertz CT molecular complexity index is 933. The molecule has 0 aliphatic carbocycles. The Morgan fingerprint density at radius 3 is 2.81 bits per heavy atom. The van der Waals surface area contributed by atoms with E-state index in [0.29, 0.717) is 6.54 Å². The third-order valence-corrected chi connectivity index (χ3v) is 6.93. The van der Waals surface area contributed by atoms with Crippen molar-refractivity contribution in [2.75, 3.05) is 37.0 Å². The molecule has 1 N–H and O–H groups in total. The van der Waals surface area contributed by atoms with E-state index >= 15 is 0 Å². The highest BCUT2D eigenvalue weighted by atomic mass is 35.5. The number of benzene rings is 1. The van der Waals surface area contributed by atoms with Gasteiger partial charge in [0.1, 0.15) is 9.84 Å². The van der Waals surface area contributed by atoms with Crippen LogP contribution in [-0.4, -0.2) is 54.7 Å². The van der Waals surface area contributed by atoms with Crippen molar-refractivity contribution in [1.82, 2.24) is 14.7 Å². The van der Waals surface area contributed by atoms with Crippen LogP contribution < -0.4 is 5.32 Å². The number of nitrogens with zero attached hydrogens (tertiary/aromatic N) is 3. The second-order valence-corrected chi connectivity index (χ2v) is 10.5. The molecule has 1 aromatic heterocycles. The minimum Gasteiger partial charge on any atom is -0.384 e. The van der Waals surface area contributed by atoms with E-state index < -0.39 is 9.84 Å². The van der Waals surface area contributed by atoms with Crippen molar-refractivity contribution in [1.29, 1.82) is 0 Å². The van der Waals surface area contributed by atoms with E-state index in [4.69, 9.17) is 11.6 Å². The van der Waals surface area contributed by atoms with Crippen molar-refractivity contribution in [2.24, 2.45) is 0 Å². The zero-order valence-electron chi connectivity index (χ0n) is 15.5. The lowest BCUT2D eigenvalue weighted by atomic mass is 9.74. The molecule has 0 saturated carbocycles. The summed E-state index contributed by atoms with van der Waals surface area (Å²) in [5.41, 5.74) is 3.91. The average Bonchev–Trinajstić information content (AvgIpc) is 3.20. The number of halogens is 1. The fourth-order valence-corrected chi connectivity index (χ4v) is 4.87. The predicted octanol–water partition coefficient (Wildman–Crippen LogP) is 2.54. The van der Waals surface area contributed by atoms with Crippen molar-refractivity contribution < 1.29 is 8.42 Å². The summed E-state index contributed by atoms with van der Waals surface area (Å²) >= 11 is 6.23. The maximum absolute atomic E-state index is 11.3.